The maximum absolute atomic E-state index is 5.45. The second-order valence-electron chi connectivity index (χ2n) is 3.12. The fraction of sp³-hybridized carbons (Fsp3) is 0.182. The van der Waals surface area contributed by atoms with Crippen LogP contribution in [0.4, 0.5) is 5.69 Å². The van der Waals surface area contributed by atoms with Crippen LogP contribution in [-0.4, -0.2) is 18.1 Å². The number of pyridine rings is 1. The minimum atomic E-state index is 0.640. The van der Waals surface area contributed by atoms with Crippen molar-refractivity contribution in [3.8, 4) is 0 Å². The third kappa shape index (κ3) is 1.67. The third-order valence-corrected chi connectivity index (χ3v) is 2.14. The Bertz CT molecular complexity index is 420. The molecule has 0 aliphatic carbocycles. The highest BCUT2D eigenvalue weighted by molar-refractivity contribution is 5.93. The van der Waals surface area contributed by atoms with Gasteiger partial charge in [0.25, 0.3) is 0 Å². The van der Waals surface area contributed by atoms with Crippen LogP contribution in [0.15, 0.2) is 36.7 Å². The Morgan fingerprint density at radius 1 is 1.29 bits per heavy atom. The van der Waals surface area contributed by atoms with Gasteiger partial charge in [0.1, 0.15) is 0 Å². The molecule has 1 heterocycles. The molecule has 1 aromatic heterocycles. The molecule has 0 aliphatic heterocycles. The van der Waals surface area contributed by atoms with Gasteiger partial charge in [0.2, 0.25) is 0 Å². The van der Waals surface area contributed by atoms with Crippen molar-refractivity contribution in [2.45, 2.75) is 0 Å². The Morgan fingerprint density at radius 3 is 3.07 bits per heavy atom. The lowest BCUT2D eigenvalue weighted by Crippen LogP contribution is -2.13. The molecule has 14 heavy (non-hydrogen) atoms. The first-order valence-electron chi connectivity index (χ1n) is 4.68. The Morgan fingerprint density at radius 2 is 2.21 bits per heavy atom. The zero-order chi connectivity index (χ0) is 9.80. The van der Waals surface area contributed by atoms with Crippen molar-refractivity contribution in [3.05, 3.63) is 36.7 Å². The topological polar surface area (TPSA) is 50.9 Å². The lowest BCUT2D eigenvalue weighted by molar-refractivity contribution is 1.03. The number of hydrogen-bond acceptors (Lipinski definition) is 3. The monoisotopic (exact) mass is 187 g/mol. The minimum Gasteiger partial charge on any atom is -0.383 e. The van der Waals surface area contributed by atoms with Crippen molar-refractivity contribution in [1.29, 1.82) is 0 Å². The molecule has 2 aromatic rings. The number of aromatic nitrogens is 1. The molecule has 0 bridgehead atoms. The van der Waals surface area contributed by atoms with Crippen molar-refractivity contribution in [1.82, 2.24) is 4.98 Å². The number of nitrogens with zero attached hydrogens (tertiary/aromatic N) is 1. The van der Waals surface area contributed by atoms with Gasteiger partial charge in [0, 0.05) is 41.9 Å². The lowest BCUT2D eigenvalue weighted by atomic mass is 10.1. The summed E-state index contributed by atoms with van der Waals surface area (Å²) in [4.78, 5) is 4.08. The number of anilines is 1. The van der Waals surface area contributed by atoms with Gasteiger partial charge >= 0.3 is 0 Å². The van der Waals surface area contributed by atoms with Crippen LogP contribution in [-0.2, 0) is 0 Å². The van der Waals surface area contributed by atoms with Crippen molar-refractivity contribution in [3.63, 3.8) is 0 Å². The van der Waals surface area contributed by atoms with E-state index in [4.69, 9.17) is 5.73 Å². The summed E-state index contributed by atoms with van der Waals surface area (Å²) in [7, 11) is 0. The van der Waals surface area contributed by atoms with Crippen molar-refractivity contribution < 1.29 is 0 Å². The molecular weight excluding hydrogens is 174 g/mol. The fourth-order valence-corrected chi connectivity index (χ4v) is 1.48. The highest BCUT2D eigenvalue weighted by Crippen LogP contribution is 2.21. The van der Waals surface area contributed by atoms with Gasteiger partial charge in [-0.05, 0) is 12.1 Å². The van der Waals surface area contributed by atoms with E-state index in [1.807, 2.05) is 18.3 Å². The third-order valence-electron chi connectivity index (χ3n) is 2.14. The summed E-state index contributed by atoms with van der Waals surface area (Å²) >= 11 is 0. The first-order chi connectivity index (χ1) is 6.92. The normalized spacial score (nSPS) is 10.4. The van der Waals surface area contributed by atoms with Crippen LogP contribution < -0.4 is 11.1 Å². The zero-order valence-corrected chi connectivity index (χ0v) is 7.90. The fourth-order valence-electron chi connectivity index (χ4n) is 1.48. The van der Waals surface area contributed by atoms with E-state index in [0.717, 1.165) is 17.6 Å². The van der Waals surface area contributed by atoms with Gasteiger partial charge < -0.3 is 11.1 Å². The van der Waals surface area contributed by atoms with Crippen molar-refractivity contribution in [2.24, 2.45) is 5.73 Å². The molecule has 3 nitrogen and oxygen atoms in total. The van der Waals surface area contributed by atoms with Crippen LogP contribution >= 0.6 is 0 Å². The summed E-state index contributed by atoms with van der Waals surface area (Å²) < 4.78 is 0. The summed E-state index contributed by atoms with van der Waals surface area (Å²) in [6.07, 6.45) is 3.67. The Hall–Kier alpha value is -1.61. The molecule has 3 heteroatoms. The first kappa shape index (κ1) is 8.97. The predicted molar refractivity (Wildman–Crippen MR) is 59.3 cm³/mol. The van der Waals surface area contributed by atoms with Crippen LogP contribution in [0, 0.1) is 0 Å². The zero-order valence-electron chi connectivity index (χ0n) is 7.90. The van der Waals surface area contributed by atoms with Crippen LogP contribution in [0.25, 0.3) is 10.8 Å². The van der Waals surface area contributed by atoms with Gasteiger partial charge in [-0.25, -0.2) is 0 Å². The number of fused-ring (bicyclic) bond motifs is 1. The first-order valence-corrected chi connectivity index (χ1v) is 4.68. The number of nitrogens with one attached hydrogen (secondary N) is 1. The van der Waals surface area contributed by atoms with Crippen molar-refractivity contribution >= 4 is 16.5 Å². The molecule has 0 saturated carbocycles. The summed E-state index contributed by atoms with van der Waals surface area (Å²) in [5.74, 6) is 0. The molecule has 0 aliphatic rings. The Kier molecular flexibility index (Phi) is 2.60. The molecule has 1 aromatic carbocycles. The Labute approximate surface area is 83.0 Å². The molecule has 0 radical (unpaired) electrons. The maximum Gasteiger partial charge on any atom is 0.0421 e. The van der Waals surface area contributed by atoms with E-state index < -0.39 is 0 Å². The van der Waals surface area contributed by atoms with E-state index in [0.29, 0.717) is 6.54 Å². The Balaban J connectivity index is 2.43. The standard InChI is InChI=1S/C11H13N3/c12-5-7-14-11-3-1-2-9-8-13-6-4-10(9)11/h1-4,6,8,14H,5,7,12H2. The van der Waals surface area contributed by atoms with Gasteiger partial charge in [-0.3, -0.25) is 4.98 Å². The quantitative estimate of drug-likeness (QED) is 0.767. The molecule has 3 N–H and O–H groups in total. The van der Waals surface area contributed by atoms with Crippen LogP contribution in [0.2, 0.25) is 0 Å². The van der Waals surface area contributed by atoms with Crippen molar-refractivity contribution in [2.75, 3.05) is 18.4 Å². The van der Waals surface area contributed by atoms with Gasteiger partial charge in [-0.15, -0.1) is 0 Å². The second kappa shape index (κ2) is 4.07. The number of benzene rings is 1. The lowest BCUT2D eigenvalue weighted by Gasteiger charge is -2.07. The molecule has 0 spiro atoms. The molecular formula is C11H13N3. The number of hydrogen-bond donors (Lipinski definition) is 2. The molecule has 72 valence electrons. The molecule has 0 fully saturated rings. The van der Waals surface area contributed by atoms with Gasteiger partial charge in [-0.2, -0.15) is 0 Å². The van der Waals surface area contributed by atoms with Crippen LogP contribution in [0.1, 0.15) is 0 Å². The van der Waals surface area contributed by atoms with Gasteiger partial charge in [-0.1, -0.05) is 12.1 Å². The van der Waals surface area contributed by atoms with E-state index in [2.05, 4.69) is 22.4 Å². The SMILES string of the molecule is NCCNc1cccc2cnccc12. The summed E-state index contributed by atoms with van der Waals surface area (Å²) in [5.41, 5.74) is 6.57. The number of rotatable bonds is 3. The molecule has 2 rings (SSSR count). The van der Waals surface area contributed by atoms with E-state index >= 15 is 0 Å². The summed E-state index contributed by atoms with van der Waals surface area (Å²) in [6.45, 7) is 1.43. The van der Waals surface area contributed by atoms with E-state index in [9.17, 15) is 0 Å². The maximum atomic E-state index is 5.45. The summed E-state index contributed by atoms with van der Waals surface area (Å²) in [5, 5.41) is 5.62. The molecule has 0 amide bonds. The highest BCUT2D eigenvalue weighted by atomic mass is 14.9. The predicted octanol–water partition coefficient (Wildman–Crippen LogP) is 1.61. The number of nitrogens with two attached hydrogens (primary N) is 1. The average molecular weight is 187 g/mol. The summed E-state index contributed by atoms with van der Waals surface area (Å²) in [6, 6.07) is 8.13. The van der Waals surface area contributed by atoms with E-state index in [1.165, 1.54) is 5.39 Å². The smallest absolute Gasteiger partial charge is 0.0421 e. The van der Waals surface area contributed by atoms with Crippen LogP contribution in [0.5, 0.6) is 0 Å². The molecule has 0 saturated heterocycles. The molecule has 0 unspecified atom stereocenters. The van der Waals surface area contributed by atoms with Gasteiger partial charge in [0.15, 0.2) is 0 Å². The minimum absolute atomic E-state index is 0.640. The van der Waals surface area contributed by atoms with Crippen LogP contribution in [0.3, 0.4) is 0 Å². The highest BCUT2D eigenvalue weighted by Gasteiger charge is 1.98. The van der Waals surface area contributed by atoms with E-state index in [1.54, 1.807) is 6.20 Å². The second-order valence-corrected chi connectivity index (χ2v) is 3.12. The largest absolute Gasteiger partial charge is 0.383 e. The molecule has 0 atom stereocenters. The van der Waals surface area contributed by atoms with Gasteiger partial charge in [0.05, 0.1) is 0 Å². The van der Waals surface area contributed by atoms with E-state index in [-0.39, 0.29) is 0 Å². The average Bonchev–Trinajstić information content (AvgIpc) is 2.26.